The summed E-state index contributed by atoms with van der Waals surface area (Å²) in [5.74, 6) is 1.28. The maximum absolute atomic E-state index is 10.1. The highest BCUT2D eigenvalue weighted by Gasteiger charge is 2.10. The van der Waals surface area contributed by atoms with Gasteiger partial charge >= 0.3 is 0 Å². The minimum atomic E-state index is -0.564. The zero-order valence-corrected chi connectivity index (χ0v) is 16.1. The molecule has 2 aromatic carbocycles. The van der Waals surface area contributed by atoms with E-state index in [4.69, 9.17) is 4.74 Å². The number of nitrogens with zero attached hydrogens (tertiary/aromatic N) is 2. The van der Waals surface area contributed by atoms with Gasteiger partial charge < -0.3 is 15.2 Å². The average molecular weight is 388 g/mol. The Kier molecular flexibility index (Phi) is 6.88. The molecule has 26 heavy (non-hydrogen) atoms. The minimum Gasteiger partial charge on any atom is -0.491 e. The standard InChI is InChI=1S/C19H21N3O2S2/c1-14-7-9-17(10-8-14)24-12-16(23)13-25-19-22-21-18(26-19)20-11-15-5-3-2-4-6-15/h2-10,16,23H,11-13H2,1H3,(H,20,21)/t16-/m0/s1. The number of aliphatic hydroxyl groups is 1. The van der Waals surface area contributed by atoms with Gasteiger partial charge in [-0.1, -0.05) is 71.1 Å². The van der Waals surface area contributed by atoms with E-state index in [0.29, 0.717) is 12.3 Å². The predicted molar refractivity (Wildman–Crippen MR) is 107 cm³/mol. The van der Waals surface area contributed by atoms with Crippen molar-refractivity contribution >= 4 is 28.2 Å². The van der Waals surface area contributed by atoms with E-state index in [1.54, 1.807) is 0 Å². The van der Waals surface area contributed by atoms with E-state index in [2.05, 4.69) is 27.6 Å². The quantitative estimate of drug-likeness (QED) is 0.541. The Bertz CT molecular complexity index is 794. The molecule has 0 spiro atoms. The van der Waals surface area contributed by atoms with Gasteiger partial charge in [-0.3, -0.25) is 0 Å². The van der Waals surface area contributed by atoms with Crippen LogP contribution >= 0.6 is 23.1 Å². The van der Waals surface area contributed by atoms with Crippen LogP contribution in [0.3, 0.4) is 0 Å². The van der Waals surface area contributed by atoms with Gasteiger partial charge in [-0.25, -0.2) is 0 Å². The van der Waals surface area contributed by atoms with Crippen LogP contribution in [0.15, 0.2) is 58.9 Å². The lowest BCUT2D eigenvalue weighted by Crippen LogP contribution is -2.20. The fourth-order valence-electron chi connectivity index (χ4n) is 2.16. The minimum absolute atomic E-state index is 0.258. The number of thioether (sulfide) groups is 1. The van der Waals surface area contributed by atoms with Crippen LogP contribution in [0.5, 0.6) is 5.75 Å². The molecule has 1 aromatic heterocycles. The number of aromatic nitrogens is 2. The van der Waals surface area contributed by atoms with E-state index in [1.165, 1.54) is 34.2 Å². The molecule has 0 aliphatic heterocycles. The molecule has 5 nitrogen and oxygen atoms in total. The second-order valence-corrected chi connectivity index (χ2v) is 8.05. The van der Waals surface area contributed by atoms with E-state index in [-0.39, 0.29) is 6.61 Å². The Morgan fingerprint density at radius 2 is 1.88 bits per heavy atom. The van der Waals surface area contributed by atoms with Crippen LogP contribution in [0, 0.1) is 6.92 Å². The molecular weight excluding hydrogens is 366 g/mol. The zero-order valence-electron chi connectivity index (χ0n) is 14.5. The van der Waals surface area contributed by atoms with E-state index < -0.39 is 6.10 Å². The molecule has 7 heteroatoms. The van der Waals surface area contributed by atoms with Gasteiger partial charge in [0.1, 0.15) is 12.4 Å². The van der Waals surface area contributed by atoms with Gasteiger partial charge in [0.2, 0.25) is 5.13 Å². The summed E-state index contributed by atoms with van der Waals surface area (Å²) in [6.07, 6.45) is -0.564. The van der Waals surface area contributed by atoms with Gasteiger partial charge in [0.15, 0.2) is 4.34 Å². The van der Waals surface area contributed by atoms with Crippen molar-refractivity contribution in [1.82, 2.24) is 10.2 Å². The lowest BCUT2D eigenvalue weighted by Gasteiger charge is -2.11. The molecule has 0 unspecified atom stereocenters. The third-order valence-electron chi connectivity index (χ3n) is 3.56. The van der Waals surface area contributed by atoms with Crippen molar-refractivity contribution in [3.05, 3.63) is 65.7 Å². The number of anilines is 1. The summed E-state index contributed by atoms with van der Waals surface area (Å²) < 4.78 is 6.42. The lowest BCUT2D eigenvalue weighted by atomic mass is 10.2. The molecule has 3 rings (SSSR count). The summed E-state index contributed by atoms with van der Waals surface area (Å²) in [7, 11) is 0. The van der Waals surface area contributed by atoms with Crippen molar-refractivity contribution in [1.29, 1.82) is 0 Å². The normalized spacial score (nSPS) is 11.9. The molecule has 0 aliphatic carbocycles. The van der Waals surface area contributed by atoms with Crippen molar-refractivity contribution in [2.45, 2.75) is 23.9 Å². The molecule has 0 fully saturated rings. The van der Waals surface area contributed by atoms with Crippen LogP contribution in [0.1, 0.15) is 11.1 Å². The van der Waals surface area contributed by atoms with Crippen molar-refractivity contribution in [3.63, 3.8) is 0 Å². The van der Waals surface area contributed by atoms with E-state index in [0.717, 1.165) is 15.2 Å². The number of hydrogen-bond donors (Lipinski definition) is 2. The maximum Gasteiger partial charge on any atom is 0.206 e. The lowest BCUT2D eigenvalue weighted by molar-refractivity contribution is 0.126. The van der Waals surface area contributed by atoms with E-state index >= 15 is 0 Å². The van der Waals surface area contributed by atoms with Crippen LogP contribution < -0.4 is 10.1 Å². The van der Waals surface area contributed by atoms with Crippen molar-refractivity contribution < 1.29 is 9.84 Å². The highest BCUT2D eigenvalue weighted by molar-refractivity contribution is 8.01. The Morgan fingerprint density at radius 1 is 1.12 bits per heavy atom. The molecule has 0 saturated carbocycles. The molecule has 0 saturated heterocycles. The van der Waals surface area contributed by atoms with Gasteiger partial charge in [-0.15, -0.1) is 10.2 Å². The van der Waals surface area contributed by atoms with Crippen LogP contribution in [0.25, 0.3) is 0 Å². The Hall–Kier alpha value is -2.09. The Balaban J connectivity index is 1.39. The van der Waals surface area contributed by atoms with E-state index in [9.17, 15) is 5.11 Å². The van der Waals surface area contributed by atoms with Gasteiger partial charge in [-0.05, 0) is 24.6 Å². The SMILES string of the molecule is Cc1ccc(OC[C@H](O)CSc2nnc(NCc3ccccc3)s2)cc1. The summed E-state index contributed by atoms with van der Waals surface area (Å²) in [6, 6.07) is 17.9. The predicted octanol–water partition coefficient (Wildman–Crippen LogP) is 3.99. The summed E-state index contributed by atoms with van der Waals surface area (Å²) in [5, 5.41) is 22.4. The van der Waals surface area contributed by atoms with Crippen LogP contribution in [0.2, 0.25) is 0 Å². The number of rotatable bonds is 9. The molecule has 0 aliphatic rings. The van der Waals surface area contributed by atoms with Gasteiger partial charge in [-0.2, -0.15) is 0 Å². The Labute approximate surface area is 161 Å². The topological polar surface area (TPSA) is 67.3 Å². The Morgan fingerprint density at radius 3 is 2.65 bits per heavy atom. The molecule has 1 heterocycles. The van der Waals surface area contributed by atoms with Crippen LogP contribution in [-0.4, -0.2) is 33.8 Å². The number of aliphatic hydroxyl groups excluding tert-OH is 1. The number of nitrogens with one attached hydrogen (secondary N) is 1. The van der Waals surface area contributed by atoms with E-state index in [1.807, 2.05) is 49.4 Å². The van der Waals surface area contributed by atoms with Crippen LogP contribution in [0.4, 0.5) is 5.13 Å². The second kappa shape index (κ2) is 9.56. The third-order valence-corrected chi connectivity index (χ3v) is 5.71. The average Bonchev–Trinajstić information content (AvgIpc) is 3.13. The molecule has 1 atom stereocenters. The highest BCUT2D eigenvalue weighted by Crippen LogP contribution is 2.26. The molecule has 0 radical (unpaired) electrons. The summed E-state index contributed by atoms with van der Waals surface area (Å²) in [5.41, 5.74) is 2.38. The van der Waals surface area contributed by atoms with Crippen LogP contribution in [-0.2, 0) is 6.54 Å². The summed E-state index contributed by atoms with van der Waals surface area (Å²) in [4.78, 5) is 0. The number of hydrogen-bond acceptors (Lipinski definition) is 7. The smallest absolute Gasteiger partial charge is 0.206 e. The molecular formula is C19H21N3O2S2. The highest BCUT2D eigenvalue weighted by atomic mass is 32.2. The third kappa shape index (κ3) is 6.01. The fraction of sp³-hybridized carbons (Fsp3) is 0.263. The first kappa shape index (κ1) is 18.7. The number of ether oxygens (including phenoxy) is 1. The first-order valence-corrected chi connectivity index (χ1v) is 10.1. The molecule has 3 aromatic rings. The molecule has 0 bridgehead atoms. The summed E-state index contributed by atoms with van der Waals surface area (Å²) in [6.45, 7) is 3.00. The van der Waals surface area contributed by atoms with Gasteiger partial charge in [0.25, 0.3) is 0 Å². The van der Waals surface area contributed by atoms with Crippen molar-refractivity contribution in [2.24, 2.45) is 0 Å². The largest absolute Gasteiger partial charge is 0.491 e. The van der Waals surface area contributed by atoms with Crippen molar-refractivity contribution in [2.75, 3.05) is 17.7 Å². The molecule has 0 amide bonds. The molecule has 136 valence electrons. The number of benzene rings is 2. The number of aryl methyl sites for hydroxylation is 1. The van der Waals surface area contributed by atoms with Gasteiger partial charge in [0.05, 0.1) is 6.10 Å². The second-order valence-electron chi connectivity index (χ2n) is 5.80. The maximum atomic E-state index is 10.1. The van der Waals surface area contributed by atoms with Gasteiger partial charge in [0, 0.05) is 12.3 Å². The first-order valence-electron chi connectivity index (χ1n) is 8.30. The summed E-state index contributed by atoms with van der Waals surface area (Å²) >= 11 is 2.97. The fourth-order valence-corrected chi connectivity index (χ4v) is 3.83. The molecule has 2 N–H and O–H groups in total. The first-order chi connectivity index (χ1) is 12.7. The zero-order chi connectivity index (χ0) is 18.2. The monoisotopic (exact) mass is 387 g/mol. The van der Waals surface area contributed by atoms with Crippen molar-refractivity contribution in [3.8, 4) is 5.75 Å².